The molecule has 0 aliphatic heterocycles. The highest BCUT2D eigenvalue weighted by atomic mass is 127. The van der Waals surface area contributed by atoms with Gasteiger partial charge in [0.1, 0.15) is 5.01 Å². The van der Waals surface area contributed by atoms with Gasteiger partial charge < -0.3 is 16.0 Å². The van der Waals surface area contributed by atoms with Gasteiger partial charge in [-0.15, -0.1) is 35.3 Å². The zero-order valence-electron chi connectivity index (χ0n) is 13.8. The predicted octanol–water partition coefficient (Wildman–Crippen LogP) is 1.90. The highest BCUT2D eigenvalue weighted by molar-refractivity contribution is 14.0. The Morgan fingerprint density at radius 2 is 2.05 bits per heavy atom. The molecule has 0 saturated carbocycles. The van der Waals surface area contributed by atoms with Crippen LogP contribution in [0.25, 0.3) is 0 Å². The molecule has 22 heavy (non-hydrogen) atoms. The van der Waals surface area contributed by atoms with Crippen LogP contribution >= 0.6 is 35.3 Å². The Morgan fingerprint density at radius 3 is 2.55 bits per heavy atom. The van der Waals surface area contributed by atoms with Gasteiger partial charge in [-0.25, -0.2) is 4.98 Å². The molecule has 0 unspecified atom stereocenters. The Bertz CT molecular complexity index is 501. The maximum absolute atomic E-state index is 11.9. The van der Waals surface area contributed by atoms with Crippen LogP contribution in [0.5, 0.6) is 0 Å². The second-order valence-corrected chi connectivity index (χ2v) is 6.71. The number of carbonyl (C=O) groups is 1. The molecule has 0 bridgehead atoms. The maximum atomic E-state index is 11.9. The monoisotopic (exact) mass is 439 g/mol. The average molecular weight is 439 g/mol. The summed E-state index contributed by atoms with van der Waals surface area (Å²) in [7, 11) is 1.71. The van der Waals surface area contributed by atoms with Crippen LogP contribution in [-0.4, -0.2) is 37.0 Å². The summed E-state index contributed by atoms with van der Waals surface area (Å²) < 4.78 is 0. The fourth-order valence-corrected chi connectivity index (χ4v) is 2.37. The number of halogens is 1. The van der Waals surface area contributed by atoms with E-state index in [4.69, 9.17) is 0 Å². The van der Waals surface area contributed by atoms with E-state index in [0.29, 0.717) is 25.6 Å². The van der Waals surface area contributed by atoms with Gasteiger partial charge >= 0.3 is 0 Å². The normalized spacial score (nSPS) is 11.6. The fraction of sp³-hybridized carbons (Fsp3) is 0.643. The Morgan fingerprint density at radius 1 is 1.36 bits per heavy atom. The predicted molar refractivity (Wildman–Crippen MR) is 103 cm³/mol. The molecule has 1 amide bonds. The average Bonchev–Trinajstić information content (AvgIpc) is 2.85. The highest BCUT2D eigenvalue weighted by Gasteiger charge is 2.27. The van der Waals surface area contributed by atoms with Gasteiger partial charge in [0.2, 0.25) is 5.91 Å². The molecule has 0 aromatic carbocycles. The second-order valence-electron chi connectivity index (χ2n) is 5.39. The minimum absolute atomic E-state index is 0. The van der Waals surface area contributed by atoms with Crippen LogP contribution in [0.3, 0.4) is 0 Å². The molecule has 0 atom stereocenters. The standard InChI is InChI=1S/C14H25N5OS.HI/c1-6-16-12(20)14(3,4)9-19-13(15-5)18-8-11-17-7-10(2)21-11;/h7H,6,8-9H2,1-5H3,(H,16,20)(H2,15,18,19);1H. The third-order valence-corrected chi connectivity index (χ3v) is 3.86. The number of nitrogens with zero attached hydrogens (tertiary/aromatic N) is 2. The van der Waals surface area contributed by atoms with Crippen LogP contribution < -0.4 is 16.0 Å². The number of guanidine groups is 1. The summed E-state index contributed by atoms with van der Waals surface area (Å²) in [6, 6.07) is 0. The number of carbonyl (C=O) groups excluding carboxylic acids is 1. The summed E-state index contributed by atoms with van der Waals surface area (Å²) >= 11 is 1.65. The lowest BCUT2D eigenvalue weighted by molar-refractivity contribution is -0.128. The van der Waals surface area contributed by atoms with Crippen LogP contribution in [0.4, 0.5) is 0 Å². The van der Waals surface area contributed by atoms with E-state index in [1.807, 2.05) is 33.9 Å². The van der Waals surface area contributed by atoms with Crippen molar-refractivity contribution >= 4 is 47.2 Å². The van der Waals surface area contributed by atoms with Crippen LogP contribution in [0, 0.1) is 12.3 Å². The number of nitrogens with one attached hydrogen (secondary N) is 3. The summed E-state index contributed by atoms with van der Waals surface area (Å²) in [5, 5.41) is 10.2. The molecule has 0 fully saturated rings. The molecular weight excluding hydrogens is 413 g/mol. The number of hydrogen-bond acceptors (Lipinski definition) is 4. The van der Waals surface area contributed by atoms with Gasteiger partial charge in [-0.3, -0.25) is 9.79 Å². The minimum atomic E-state index is -0.495. The molecule has 6 nitrogen and oxygen atoms in total. The Labute approximate surface area is 153 Å². The van der Waals surface area contributed by atoms with Crippen molar-refractivity contribution in [3.05, 3.63) is 16.1 Å². The molecule has 126 valence electrons. The molecule has 1 rings (SSSR count). The van der Waals surface area contributed by atoms with Gasteiger partial charge in [0, 0.05) is 31.2 Å². The largest absolute Gasteiger partial charge is 0.356 e. The number of aryl methyl sites for hydroxylation is 1. The first-order chi connectivity index (χ1) is 9.89. The maximum Gasteiger partial charge on any atom is 0.227 e. The van der Waals surface area contributed by atoms with Crippen LogP contribution in [-0.2, 0) is 11.3 Å². The number of amides is 1. The van der Waals surface area contributed by atoms with E-state index in [9.17, 15) is 4.79 Å². The molecule has 3 N–H and O–H groups in total. The fourth-order valence-electron chi connectivity index (χ4n) is 1.65. The van der Waals surface area contributed by atoms with Crippen molar-refractivity contribution in [2.75, 3.05) is 20.1 Å². The molecule has 1 aromatic rings. The first kappa shape index (κ1) is 21.1. The summed E-state index contributed by atoms with van der Waals surface area (Å²) in [6.07, 6.45) is 1.86. The van der Waals surface area contributed by atoms with Gasteiger partial charge in [0.05, 0.1) is 12.0 Å². The summed E-state index contributed by atoms with van der Waals surface area (Å²) in [6.45, 7) is 9.53. The van der Waals surface area contributed by atoms with Crippen LogP contribution in [0.2, 0.25) is 0 Å². The molecule has 0 radical (unpaired) electrons. The summed E-state index contributed by atoms with van der Waals surface area (Å²) in [5.74, 6) is 0.698. The van der Waals surface area contributed by atoms with Gasteiger partial charge in [0.25, 0.3) is 0 Å². The Hall–Kier alpha value is -0.900. The molecule has 0 aliphatic rings. The first-order valence-electron chi connectivity index (χ1n) is 7.03. The van der Waals surface area contributed by atoms with Crippen molar-refractivity contribution in [3.63, 3.8) is 0 Å². The molecule has 8 heteroatoms. The topological polar surface area (TPSA) is 78.4 Å². The lowest BCUT2D eigenvalue weighted by Gasteiger charge is -2.24. The zero-order chi connectivity index (χ0) is 15.9. The molecule has 0 spiro atoms. The van der Waals surface area contributed by atoms with Crippen molar-refractivity contribution < 1.29 is 4.79 Å². The van der Waals surface area contributed by atoms with Gasteiger partial charge in [-0.05, 0) is 27.7 Å². The first-order valence-corrected chi connectivity index (χ1v) is 7.85. The van der Waals surface area contributed by atoms with Crippen LogP contribution in [0.15, 0.2) is 11.2 Å². The lowest BCUT2D eigenvalue weighted by atomic mass is 9.92. The van der Waals surface area contributed by atoms with E-state index in [0.717, 1.165) is 5.01 Å². The number of aliphatic imine (C=N–C) groups is 1. The van der Waals surface area contributed by atoms with Crippen molar-refractivity contribution in [3.8, 4) is 0 Å². The minimum Gasteiger partial charge on any atom is -0.356 e. The van der Waals surface area contributed by atoms with E-state index in [1.54, 1.807) is 18.4 Å². The third kappa shape index (κ3) is 6.91. The summed E-state index contributed by atoms with van der Waals surface area (Å²) in [4.78, 5) is 21.6. The van der Waals surface area contributed by atoms with Crippen molar-refractivity contribution in [2.24, 2.45) is 10.4 Å². The van der Waals surface area contributed by atoms with Gasteiger partial charge in [-0.1, -0.05) is 0 Å². The number of aromatic nitrogens is 1. The SMILES string of the molecule is CCNC(=O)C(C)(C)CNC(=NC)NCc1ncc(C)s1.I. The van der Waals surface area contributed by atoms with E-state index < -0.39 is 5.41 Å². The third-order valence-electron chi connectivity index (χ3n) is 2.95. The van der Waals surface area contributed by atoms with E-state index in [-0.39, 0.29) is 29.9 Å². The number of hydrogen-bond donors (Lipinski definition) is 3. The Kier molecular flexibility index (Phi) is 9.58. The summed E-state index contributed by atoms with van der Waals surface area (Å²) in [5.41, 5.74) is -0.495. The van der Waals surface area contributed by atoms with Crippen molar-refractivity contribution in [2.45, 2.75) is 34.2 Å². The molecular formula is C14H26IN5OS. The second kappa shape index (κ2) is 9.98. The number of rotatable bonds is 6. The number of thiazole rings is 1. The smallest absolute Gasteiger partial charge is 0.227 e. The van der Waals surface area contributed by atoms with Crippen molar-refractivity contribution in [1.82, 2.24) is 20.9 Å². The quantitative estimate of drug-likeness (QED) is 0.360. The van der Waals surface area contributed by atoms with Crippen LogP contribution in [0.1, 0.15) is 30.7 Å². The van der Waals surface area contributed by atoms with E-state index in [2.05, 4.69) is 25.9 Å². The van der Waals surface area contributed by atoms with Gasteiger partial charge in [0.15, 0.2) is 5.96 Å². The molecule has 1 aromatic heterocycles. The Balaban J connectivity index is 0.00000441. The molecule has 1 heterocycles. The highest BCUT2D eigenvalue weighted by Crippen LogP contribution is 2.13. The van der Waals surface area contributed by atoms with E-state index in [1.165, 1.54) is 4.88 Å². The molecule has 0 aliphatic carbocycles. The zero-order valence-corrected chi connectivity index (χ0v) is 17.0. The van der Waals surface area contributed by atoms with Crippen molar-refractivity contribution in [1.29, 1.82) is 0 Å². The van der Waals surface area contributed by atoms with E-state index >= 15 is 0 Å². The van der Waals surface area contributed by atoms with Gasteiger partial charge in [-0.2, -0.15) is 0 Å². The lowest BCUT2D eigenvalue weighted by Crippen LogP contribution is -2.47. The molecule has 0 saturated heterocycles.